The van der Waals surface area contributed by atoms with Crippen molar-refractivity contribution in [1.82, 2.24) is 0 Å². The van der Waals surface area contributed by atoms with Crippen molar-refractivity contribution in [1.29, 1.82) is 0 Å². The number of fused-ring (bicyclic) bond motifs is 9. The molecule has 0 radical (unpaired) electrons. The highest BCUT2D eigenvalue weighted by molar-refractivity contribution is 7.25. The van der Waals surface area contributed by atoms with E-state index in [4.69, 9.17) is 4.42 Å². The molecular weight excluding hydrogens is 735 g/mol. The molecule has 3 heteroatoms. The van der Waals surface area contributed by atoms with E-state index in [1.807, 2.05) is 11.3 Å². The molecule has 0 saturated heterocycles. The smallest absolute Gasteiger partial charge is 0.143 e. The van der Waals surface area contributed by atoms with Gasteiger partial charge in [-0.3, -0.25) is 0 Å². The van der Waals surface area contributed by atoms with Crippen molar-refractivity contribution in [3.63, 3.8) is 0 Å². The van der Waals surface area contributed by atoms with E-state index in [-0.39, 0.29) is 0 Å². The molecule has 2 heterocycles. The van der Waals surface area contributed by atoms with Gasteiger partial charge in [-0.1, -0.05) is 158 Å². The van der Waals surface area contributed by atoms with Crippen LogP contribution in [-0.2, 0) is 0 Å². The topological polar surface area (TPSA) is 16.4 Å². The molecule has 0 spiro atoms. The number of anilines is 3. The standard InChI is InChI=1S/C56H35NOS/c1-2-11-37(12-3-1)44-18-8-14-40-15-9-19-45(54(40)44)39-25-31-43(32-26-39)57(50-20-10-21-51-55(50)49-34-27-38-13-4-5-16-46(38)56(49)58-51)42-29-23-36(24-30-42)41-28-33-48-47-17-6-7-22-52(47)59-53(48)35-41/h1-35H. The maximum Gasteiger partial charge on any atom is 0.143 e. The van der Waals surface area contributed by atoms with Crippen molar-refractivity contribution >= 4 is 92.1 Å². The largest absolute Gasteiger partial charge is 0.455 e. The summed E-state index contributed by atoms with van der Waals surface area (Å²) in [6.45, 7) is 0. The number of furan rings is 1. The van der Waals surface area contributed by atoms with Crippen molar-refractivity contribution in [3.8, 4) is 33.4 Å². The van der Waals surface area contributed by atoms with Crippen LogP contribution in [0.15, 0.2) is 217 Å². The lowest BCUT2D eigenvalue weighted by atomic mass is 9.91. The van der Waals surface area contributed by atoms with Gasteiger partial charge >= 0.3 is 0 Å². The lowest BCUT2D eigenvalue weighted by Crippen LogP contribution is -2.10. The van der Waals surface area contributed by atoms with E-state index < -0.39 is 0 Å². The molecule has 0 amide bonds. The minimum Gasteiger partial charge on any atom is -0.455 e. The number of rotatable bonds is 6. The summed E-state index contributed by atoms with van der Waals surface area (Å²) in [6, 6.07) is 76.9. The fourth-order valence-electron chi connectivity index (χ4n) is 9.09. The van der Waals surface area contributed by atoms with Crippen LogP contribution in [0.5, 0.6) is 0 Å². The molecule has 0 aliphatic rings. The Morgan fingerprint density at radius 1 is 0.356 bits per heavy atom. The van der Waals surface area contributed by atoms with Crippen molar-refractivity contribution in [2.24, 2.45) is 0 Å². The minimum absolute atomic E-state index is 0.868. The van der Waals surface area contributed by atoms with E-state index in [1.54, 1.807) is 0 Å². The third-order valence-electron chi connectivity index (χ3n) is 11.9. The second-order valence-electron chi connectivity index (χ2n) is 15.2. The predicted molar refractivity (Wildman–Crippen MR) is 253 cm³/mol. The highest BCUT2D eigenvalue weighted by Crippen LogP contribution is 2.46. The lowest BCUT2D eigenvalue weighted by Gasteiger charge is -2.27. The third kappa shape index (κ3) is 5.55. The fraction of sp³-hybridized carbons (Fsp3) is 0. The van der Waals surface area contributed by atoms with Gasteiger partial charge in [-0.25, -0.2) is 0 Å². The molecule has 0 atom stereocenters. The molecule has 0 aliphatic heterocycles. The van der Waals surface area contributed by atoms with E-state index in [2.05, 4.69) is 217 Å². The Bertz CT molecular complexity index is 3540. The highest BCUT2D eigenvalue weighted by atomic mass is 32.1. The highest BCUT2D eigenvalue weighted by Gasteiger charge is 2.21. The van der Waals surface area contributed by atoms with Crippen LogP contribution in [0.25, 0.3) is 97.0 Å². The van der Waals surface area contributed by atoms with Gasteiger partial charge in [0.05, 0.1) is 11.1 Å². The van der Waals surface area contributed by atoms with Gasteiger partial charge in [-0.15, -0.1) is 11.3 Å². The van der Waals surface area contributed by atoms with Crippen LogP contribution in [-0.4, -0.2) is 0 Å². The average Bonchev–Trinajstić information content (AvgIpc) is 3.88. The second-order valence-corrected chi connectivity index (χ2v) is 16.3. The summed E-state index contributed by atoms with van der Waals surface area (Å²) in [7, 11) is 0. The van der Waals surface area contributed by atoms with E-state index >= 15 is 0 Å². The Hall–Kier alpha value is -7.46. The molecule has 0 N–H and O–H groups in total. The van der Waals surface area contributed by atoms with Gasteiger partial charge in [-0.2, -0.15) is 0 Å². The molecule has 59 heavy (non-hydrogen) atoms. The fourth-order valence-corrected chi connectivity index (χ4v) is 10.2. The molecule has 0 bridgehead atoms. The first-order valence-corrected chi connectivity index (χ1v) is 20.9. The number of hydrogen-bond donors (Lipinski definition) is 0. The summed E-state index contributed by atoms with van der Waals surface area (Å²) < 4.78 is 9.33. The zero-order chi connectivity index (χ0) is 38.9. The van der Waals surface area contributed by atoms with Crippen molar-refractivity contribution in [2.45, 2.75) is 0 Å². The van der Waals surface area contributed by atoms with Crippen LogP contribution >= 0.6 is 11.3 Å². The zero-order valence-corrected chi connectivity index (χ0v) is 32.8. The molecule has 0 aliphatic carbocycles. The van der Waals surface area contributed by atoms with Crippen molar-refractivity contribution < 1.29 is 4.42 Å². The predicted octanol–water partition coefficient (Wildman–Crippen LogP) is 16.7. The quantitative estimate of drug-likeness (QED) is 0.167. The maximum absolute atomic E-state index is 6.70. The normalized spacial score (nSPS) is 11.7. The maximum atomic E-state index is 6.70. The first kappa shape index (κ1) is 33.7. The Morgan fingerprint density at radius 3 is 1.73 bits per heavy atom. The first-order chi connectivity index (χ1) is 29.2. The summed E-state index contributed by atoms with van der Waals surface area (Å²) in [5.41, 5.74) is 12.2. The number of thiophene rings is 1. The Labute approximate surface area is 345 Å². The van der Waals surface area contributed by atoms with Gasteiger partial charge in [0.15, 0.2) is 0 Å². The summed E-state index contributed by atoms with van der Waals surface area (Å²) in [5, 5.41) is 9.61. The van der Waals surface area contributed by atoms with E-state index in [9.17, 15) is 0 Å². The Kier molecular flexibility index (Phi) is 7.75. The van der Waals surface area contributed by atoms with Crippen LogP contribution in [0.1, 0.15) is 0 Å². The van der Waals surface area contributed by atoms with Gasteiger partial charge in [0.1, 0.15) is 11.2 Å². The van der Waals surface area contributed by atoms with Gasteiger partial charge in [-0.05, 0) is 104 Å². The van der Waals surface area contributed by atoms with Gasteiger partial charge in [0, 0.05) is 42.3 Å². The molecule has 2 nitrogen and oxygen atoms in total. The molecule has 0 unspecified atom stereocenters. The molecular formula is C56H35NOS. The summed E-state index contributed by atoms with van der Waals surface area (Å²) >= 11 is 1.86. The van der Waals surface area contributed by atoms with E-state index in [0.29, 0.717) is 0 Å². The van der Waals surface area contributed by atoms with Crippen LogP contribution in [0.4, 0.5) is 17.1 Å². The second kappa shape index (κ2) is 13.6. The zero-order valence-electron chi connectivity index (χ0n) is 32.0. The van der Waals surface area contributed by atoms with Crippen LogP contribution < -0.4 is 4.90 Å². The van der Waals surface area contributed by atoms with Crippen LogP contribution in [0.2, 0.25) is 0 Å². The van der Waals surface area contributed by atoms with Gasteiger partial charge < -0.3 is 9.32 Å². The average molecular weight is 770 g/mol. The Balaban J connectivity index is 1.01. The number of nitrogens with zero attached hydrogens (tertiary/aromatic N) is 1. The molecule has 10 aromatic carbocycles. The van der Waals surface area contributed by atoms with Crippen LogP contribution in [0.3, 0.4) is 0 Å². The summed E-state index contributed by atoms with van der Waals surface area (Å²) in [4.78, 5) is 2.38. The first-order valence-electron chi connectivity index (χ1n) is 20.1. The molecule has 2 aromatic heterocycles. The van der Waals surface area contributed by atoms with Crippen LogP contribution in [0, 0.1) is 0 Å². The third-order valence-corrected chi connectivity index (χ3v) is 13.0. The molecule has 0 saturated carbocycles. The SMILES string of the molecule is c1ccc(-c2cccc3cccc(-c4ccc(N(c5ccc(-c6ccc7c(c6)sc6ccccc67)cc5)c5cccc6oc7c8ccccc8ccc7c56)cc4)c23)cc1. The van der Waals surface area contributed by atoms with Crippen molar-refractivity contribution in [3.05, 3.63) is 212 Å². The molecule has 12 aromatic rings. The monoisotopic (exact) mass is 769 g/mol. The molecule has 276 valence electrons. The summed E-state index contributed by atoms with van der Waals surface area (Å²) in [6.07, 6.45) is 0. The minimum atomic E-state index is 0.868. The summed E-state index contributed by atoms with van der Waals surface area (Å²) in [5.74, 6) is 0. The number of benzene rings is 10. The lowest BCUT2D eigenvalue weighted by molar-refractivity contribution is 0.672. The number of hydrogen-bond acceptors (Lipinski definition) is 3. The van der Waals surface area contributed by atoms with Gasteiger partial charge in [0.25, 0.3) is 0 Å². The van der Waals surface area contributed by atoms with E-state index in [0.717, 1.165) is 44.4 Å². The van der Waals surface area contributed by atoms with Gasteiger partial charge in [0.2, 0.25) is 0 Å². The molecule has 0 fully saturated rings. The van der Waals surface area contributed by atoms with Crippen molar-refractivity contribution in [2.75, 3.05) is 4.90 Å². The van der Waals surface area contributed by atoms with E-state index in [1.165, 1.54) is 69.7 Å². The molecule has 12 rings (SSSR count). The Morgan fingerprint density at radius 2 is 0.949 bits per heavy atom.